The van der Waals surface area contributed by atoms with Crippen molar-refractivity contribution in [2.75, 3.05) is 5.32 Å². The summed E-state index contributed by atoms with van der Waals surface area (Å²) in [5, 5.41) is 3.45. The molecule has 6 heteroatoms. The zero-order chi connectivity index (χ0) is 14.9. The number of hydrogen-bond donors (Lipinski definition) is 1. The molecule has 0 heterocycles. The summed E-state index contributed by atoms with van der Waals surface area (Å²) in [7, 11) is 0. The molecule has 2 aromatic carbocycles. The second kappa shape index (κ2) is 6.60. The molecule has 1 N–H and O–H groups in total. The summed E-state index contributed by atoms with van der Waals surface area (Å²) in [6.45, 7) is 1.91. The maximum Gasteiger partial charge on any atom is 0.256 e. The molecule has 0 aliphatic heterocycles. The predicted molar refractivity (Wildman–Crippen MR) is 93.7 cm³/mol. The van der Waals surface area contributed by atoms with Gasteiger partial charge in [0.15, 0.2) is 0 Å². The van der Waals surface area contributed by atoms with Gasteiger partial charge >= 0.3 is 0 Å². The highest BCUT2D eigenvalue weighted by molar-refractivity contribution is 9.11. The minimum absolute atomic E-state index is 0.209. The van der Waals surface area contributed by atoms with E-state index in [1.54, 1.807) is 12.1 Å². The third-order valence-corrected chi connectivity index (χ3v) is 4.92. The van der Waals surface area contributed by atoms with Gasteiger partial charge in [0.25, 0.3) is 5.91 Å². The zero-order valence-electron chi connectivity index (χ0n) is 10.3. The number of amides is 1. The molecule has 20 heavy (non-hydrogen) atoms. The molecule has 0 radical (unpaired) electrons. The fraction of sp³-hybridized carbons (Fsp3) is 0.0714. The average Bonchev–Trinajstić information content (AvgIpc) is 2.38. The molecule has 2 nitrogen and oxygen atoms in total. The summed E-state index contributed by atoms with van der Waals surface area (Å²) >= 11 is 16.2. The van der Waals surface area contributed by atoms with Crippen molar-refractivity contribution in [3.8, 4) is 0 Å². The van der Waals surface area contributed by atoms with Crippen LogP contribution in [0.4, 0.5) is 5.69 Å². The number of rotatable bonds is 2. The first kappa shape index (κ1) is 16.0. The van der Waals surface area contributed by atoms with Crippen molar-refractivity contribution >= 4 is 71.0 Å². The summed E-state index contributed by atoms with van der Waals surface area (Å²) in [6.07, 6.45) is 0. The van der Waals surface area contributed by atoms with E-state index < -0.39 is 0 Å². The van der Waals surface area contributed by atoms with Crippen molar-refractivity contribution in [1.29, 1.82) is 0 Å². The average molecular weight is 482 g/mol. The molecule has 2 aromatic rings. The Labute approximate surface area is 147 Å². The minimum Gasteiger partial charge on any atom is -0.321 e. The van der Waals surface area contributed by atoms with E-state index in [4.69, 9.17) is 11.6 Å². The smallest absolute Gasteiger partial charge is 0.256 e. The molecule has 0 saturated heterocycles. The summed E-state index contributed by atoms with van der Waals surface area (Å²) in [6, 6.07) is 9.03. The van der Waals surface area contributed by atoms with Gasteiger partial charge in [-0.15, -0.1) is 0 Å². The molecule has 0 aromatic heterocycles. The first-order valence-corrected chi connectivity index (χ1v) is 8.36. The summed E-state index contributed by atoms with van der Waals surface area (Å²) in [5.41, 5.74) is 2.13. The van der Waals surface area contributed by atoms with Crippen LogP contribution >= 0.6 is 59.4 Å². The summed E-state index contributed by atoms with van der Waals surface area (Å²) in [4.78, 5) is 12.3. The molecule has 104 valence electrons. The van der Waals surface area contributed by atoms with Crippen molar-refractivity contribution in [3.05, 3.63) is 59.9 Å². The lowest BCUT2D eigenvalue weighted by Crippen LogP contribution is -2.13. The molecule has 0 aliphatic rings. The second-order valence-corrected chi connectivity index (χ2v) is 7.19. The highest BCUT2D eigenvalue weighted by Gasteiger charge is 2.13. The lowest BCUT2D eigenvalue weighted by Gasteiger charge is -2.11. The monoisotopic (exact) mass is 479 g/mol. The zero-order valence-corrected chi connectivity index (χ0v) is 15.8. The minimum atomic E-state index is -0.209. The van der Waals surface area contributed by atoms with Crippen LogP contribution in [-0.2, 0) is 0 Å². The van der Waals surface area contributed by atoms with Crippen LogP contribution in [0.2, 0.25) is 5.02 Å². The number of carbonyl (C=O) groups excluding carboxylic acids is 1. The van der Waals surface area contributed by atoms with E-state index in [1.165, 1.54) is 0 Å². The number of benzene rings is 2. The van der Waals surface area contributed by atoms with Gasteiger partial charge in [0.1, 0.15) is 0 Å². The quantitative estimate of drug-likeness (QED) is 0.544. The number of halogens is 4. The van der Waals surface area contributed by atoms with Gasteiger partial charge in [-0.1, -0.05) is 27.5 Å². The summed E-state index contributed by atoms with van der Waals surface area (Å²) < 4.78 is 2.36. The highest BCUT2D eigenvalue weighted by Crippen LogP contribution is 2.30. The highest BCUT2D eigenvalue weighted by atomic mass is 79.9. The molecule has 2 rings (SSSR count). The Bertz CT molecular complexity index is 688. The molecular formula is C14H9Br3ClNO. The lowest BCUT2D eigenvalue weighted by atomic mass is 10.2. The standard InChI is InChI=1S/C14H9Br3ClNO/c1-7-4-11(17)13(6-12(7)18)19-14(20)9-5-8(15)2-3-10(9)16/h2-6H,1H3,(H,19,20). The normalized spacial score (nSPS) is 10.4. The van der Waals surface area contributed by atoms with Gasteiger partial charge in [0.05, 0.1) is 11.3 Å². The number of anilines is 1. The van der Waals surface area contributed by atoms with Crippen molar-refractivity contribution in [3.63, 3.8) is 0 Å². The molecule has 0 fully saturated rings. The van der Waals surface area contributed by atoms with E-state index in [2.05, 4.69) is 53.1 Å². The third kappa shape index (κ3) is 3.64. The van der Waals surface area contributed by atoms with E-state index >= 15 is 0 Å². The van der Waals surface area contributed by atoms with Crippen molar-refractivity contribution in [2.45, 2.75) is 6.92 Å². The lowest BCUT2D eigenvalue weighted by molar-refractivity contribution is 0.102. The third-order valence-electron chi connectivity index (χ3n) is 2.67. The van der Waals surface area contributed by atoms with Gasteiger partial charge in [-0.25, -0.2) is 0 Å². The Morgan fingerprint density at radius 1 is 1.10 bits per heavy atom. The van der Waals surface area contributed by atoms with E-state index in [9.17, 15) is 4.79 Å². The molecule has 0 unspecified atom stereocenters. The van der Waals surface area contributed by atoms with Crippen LogP contribution in [0, 0.1) is 6.92 Å². The van der Waals surface area contributed by atoms with Crippen LogP contribution in [0.15, 0.2) is 43.7 Å². The van der Waals surface area contributed by atoms with E-state index in [-0.39, 0.29) is 5.91 Å². The van der Waals surface area contributed by atoms with Gasteiger partial charge in [0.2, 0.25) is 0 Å². The number of aryl methyl sites for hydroxylation is 1. The largest absolute Gasteiger partial charge is 0.321 e. The molecule has 1 amide bonds. The molecule has 0 aliphatic carbocycles. The first-order valence-electron chi connectivity index (χ1n) is 5.60. The SMILES string of the molecule is Cc1cc(Br)c(NC(=O)c2cc(Br)ccc2Br)cc1Cl. The second-order valence-electron chi connectivity index (χ2n) is 4.16. The number of hydrogen-bond acceptors (Lipinski definition) is 1. The fourth-order valence-electron chi connectivity index (χ4n) is 1.60. The first-order chi connectivity index (χ1) is 9.38. The Kier molecular flexibility index (Phi) is 5.29. The van der Waals surface area contributed by atoms with E-state index in [1.807, 2.05) is 25.1 Å². The van der Waals surface area contributed by atoms with E-state index in [0.717, 1.165) is 19.0 Å². The van der Waals surface area contributed by atoms with Crippen LogP contribution in [0.25, 0.3) is 0 Å². The predicted octanol–water partition coefficient (Wildman–Crippen LogP) is 6.19. The van der Waals surface area contributed by atoms with Gasteiger partial charge < -0.3 is 5.32 Å². The van der Waals surface area contributed by atoms with Crippen LogP contribution in [0.1, 0.15) is 15.9 Å². The Hall–Kier alpha value is -0.360. The van der Waals surface area contributed by atoms with Crippen molar-refractivity contribution < 1.29 is 4.79 Å². The van der Waals surface area contributed by atoms with Crippen LogP contribution in [-0.4, -0.2) is 5.91 Å². The maximum absolute atomic E-state index is 12.3. The number of carbonyl (C=O) groups is 1. The number of nitrogens with one attached hydrogen (secondary N) is 1. The fourth-order valence-corrected chi connectivity index (χ4v) is 3.11. The Morgan fingerprint density at radius 2 is 1.80 bits per heavy atom. The molecule has 0 bridgehead atoms. The van der Waals surface area contributed by atoms with Crippen LogP contribution in [0.5, 0.6) is 0 Å². The molecule has 0 saturated carbocycles. The van der Waals surface area contributed by atoms with Gasteiger partial charge in [-0.3, -0.25) is 4.79 Å². The Morgan fingerprint density at radius 3 is 2.50 bits per heavy atom. The van der Waals surface area contributed by atoms with Crippen LogP contribution in [0.3, 0.4) is 0 Å². The topological polar surface area (TPSA) is 29.1 Å². The van der Waals surface area contributed by atoms with Gasteiger partial charge in [-0.2, -0.15) is 0 Å². The summed E-state index contributed by atoms with van der Waals surface area (Å²) in [5.74, 6) is -0.209. The Balaban J connectivity index is 2.32. The molecule has 0 atom stereocenters. The van der Waals surface area contributed by atoms with Gasteiger partial charge in [-0.05, 0) is 74.7 Å². The molecule has 0 spiro atoms. The van der Waals surface area contributed by atoms with Gasteiger partial charge in [0, 0.05) is 18.4 Å². The van der Waals surface area contributed by atoms with Crippen molar-refractivity contribution in [1.82, 2.24) is 0 Å². The van der Waals surface area contributed by atoms with Crippen molar-refractivity contribution in [2.24, 2.45) is 0 Å². The maximum atomic E-state index is 12.3. The molecular weight excluding hydrogens is 473 g/mol. The van der Waals surface area contributed by atoms with Crippen LogP contribution < -0.4 is 5.32 Å². The van der Waals surface area contributed by atoms with E-state index in [0.29, 0.717) is 16.3 Å².